The lowest BCUT2D eigenvalue weighted by molar-refractivity contribution is 0.532. The lowest BCUT2D eigenvalue weighted by Crippen LogP contribution is -2.01. The highest BCUT2D eigenvalue weighted by molar-refractivity contribution is 5.34. The zero-order valence-corrected chi connectivity index (χ0v) is 8.48. The predicted octanol–water partition coefficient (Wildman–Crippen LogP) is 3.97. The van der Waals surface area contributed by atoms with E-state index in [1.54, 1.807) is 6.07 Å². The predicted molar refractivity (Wildman–Crippen MR) is 52.4 cm³/mol. The molecule has 0 spiro atoms. The standard InChI is InChI=1S/C12H14F2/c1-7(2)11-10(13)6-5-9(12(11)14)8-3-4-8/h5-8H,3-4H2,1-2H3. The van der Waals surface area contributed by atoms with Gasteiger partial charge in [-0.3, -0.25) is 0 Å². The molecule has 0 nitrogen and oxygen atoms in total. The average molecular weight is 196 g/mol. The molecule has 0 atom stereocenters. The van der Waals surface area contributed by atoms with Gasteiger partial charge in [0.2, 0.25) is 0 Å². The number of benzene rings is 1. The van der Waals surface area contributed by atoms with Crippen LogP contribution in [0.4, 0.5) is 8.78 Å². The molecule has 2 rings (SSSR count). The van der Waals surface area contributed by atoms with Gasteiger partial charge in [0.05, 0.1) is 0 Å². The minimum atomic E-state index is -0.415. The second-order valence-electron chi connectivity index (χ2n) is 4.29. The molecule has 1 aromatic rings. The van der Waals surface area contributed by atoms with Gasteiger partial charge in [-0.05, 0) is 36.3 Å². The van der Waals surface area contributed by atoms with E-state index in [1.165, 1.54) is 6.07 Å². The maximum atomic E-state index is 13.8. The molecule has 0 N–H and O–H groups in total. The molecular formula is C12H14F2. The van der Waals surface area contributed by atoms with Gasteiger partial charge in [0.15, 0.2) is 0 Å². The first-order chi connectivity index (χ1) is 6.61. The van der Waals surface area contributed by atoms with Crippen molar-refractivity contribution in [2.75, 3.05) is 0 Å². The van der Waals surface area contributed by atoms with Crippen molar-refractivity contribution in [2.24, 2.45) is 0 Å². The molecule has 1 aliphatic rings. The summed E-state index contributed by atoms with van der Waals surface area (Å²) in [5.41, 5.74) is 0.949. The third-order valence-corrected chi connectivity index (χ3v) is 2.75. The van der Waals surface area contributed by atoms with Crippen molar-refractivity contribution in [3.05, 3.63) is 34.9 Å². The first-order valence-electron chi connectivity index (χ1n) is 5.09. The molecule has 1 saturated carbocycles. The normalized spacial score (nSPS) is 16.4. The lowest BCUT2D eigenvalue weighted by atomic mass is 9.97. The van der Waals surface area contributed by atoms with Gasteiger partial charge in [0, 0.05) is 5.56 Å². The molecular weight excluding hydrogens is 182 g/mol. The lowest BCUT2D eigenvalue weighted by Gasteiger charge is -2.11. The first kappa shape index (κ1) is 9.63. The van der Waals surface area contributed by atoms with Crippen molar-refractivity contribution in [3.63, 3.8) is 0 Å². The Hall–Kier alpha value is -0.920. The van der Waals surface area contributed by atoms with E-state index >= 15 is 0 Å². The van der Waals surface area contributed by atoms with Gasteiger partial charge in [-0.25, -0.2) is 8.78 Å². The molecule has 0 amide bonds. The van der Waals surface area contributed by atoms with Gasteiger partial charge >= 0.3 is 0 Å². The van der Waals surface area contributed by atoms with E-state index in [-0.39, 0.29) is 17.3 Å². The fourth-order valence-corrected chi connectivity index (χ4v) is 1.83. The fourth-order valence-electron chi connectivity index (χ4n) is 1.83. The van der Waals surface area contributed by atoms with Crippen molar-refractivity contribution in [2.45, 2.75) is 38.5 Å². The van der Waals surface area contributed by atoms with Crippen molar-refractivity contribution in [1.29, 1.82) is 0 Å². The summed E-state index contributed by atoms with van der Waals surface area (Å²) in [7, 11) is 0. The quantitative estimate of drug-likeness (QED) is 0.671. The maximum Gasteiger partial charge on any atom is 0.133 e. The highest BCUT2D eigenvalue weighted by Gasteiger charge is 2.29. The van der Waals surface area contributed by atoms with Crippen molar-refractivity contribution in [1.82, 2.24) is 0 Å². The summed E-state index contributed by atoms with van der Waals surface area (Å²) in [5, 5.41) is 0. The minimum absolute atomic E-state index is 0.0892. The molecule has 0 bridgehead atoms. The van der Waals surface area contributed by atoms with Crippen LogP contribution in [-0.4, -0.2) is 0 Å². The smallest absolute Gasteiger partial charge is 0.133 e. The Labute approximate surface area is 82.9 Å². The molecule has 1 aliphatic carbocycles. The summed E-state index contributed by atoms with van der Waals surface area (Å²) < 4.78 is 27.2. The minimum Gasteiger partial charge on any atom is -0.207 e. The molecule has 1 fully saturated rings. The van der Waals surface area contributed by atoms with Crippen molar-refractivity contribution in [3.8, 4) is 0 Å². The third-order valence-electron chi connectivity index (χ3n) is 2.75. The van der Waals surface area contributed by atoms with Crippen LogP contribution in [0.15, 0.2) is 12.1 Å². The second-order valence-corrected chi connectivity index (χ2v) is 4.29. The van der Waals surface area contributed by atoms with Crippen LogP contribution in [0.3, 0.4) is 0 Å². The van der Waals surface area contributed by atoms with Crippen LogP contribution in [0.5, 0.6) is 0 Å². The van der Waals surface area contributed by atoms with Crippen LogP contribution >= 0.6 is 0 Å². The molecule has 0 aromatic heterocycles. The second kappa shape index (κ2) is 3.34. The van der Waals surface area contributed by atoms with E-state index < -0.39 is 5.82 Å². The van der Waals surface area contributed by atoms with Crippen LogP contribution in [0.1, 0.15) is 49.7 Å². The summed E-state index contributed by atoms with van der Waals surface area (Å²) in [6.45, 7) is 3.64. The van der Waals surface area contributed by atoms with E-state index in [9.17, 15) is 8.78 Å². The molecule has 0 radical (unpaired) electrons. The molecule has 0 aliphatic heterocycles. The zero-order chi connectivity index (χ0) is 10.3. The van der Waals surface area contributed by atoms with Crippen molar-refractivity contribution < 1.29 is 8.78 Å². The molecule has 2 heteroatoms. The molecule has 76 valence electrons. The number of hydrogen-bond donors (Lipinski definition) is 0. The van der Waals surface area contributed by atoms with Crippen LogP contribution < -0.4 is 0 Å². The van der Waals surface area contributed by atoms with Gasteiger partial charge < -0.3 is 0 Å². The topological polar surface area (TPSA) is 0 Å². The van der Waals surface area contributed by atoms with Gasteiger partial charge in [-0.2, -0.15) is 0 Å². The monoisotopic (exact) mass is 196 g/mol. The van der Waals surface area contributed by atoms with Gasteiger partial charge in [0.1, 0.15) is 11.6 Å². The summed E-state index contributed by atoms with van der Waals surface area (Å²) in [6.07, 6.45) is 2.08. The summed E-state index contributed by atoms with van der Waals surface area (Å²) in [6, 6.07) is 2.99. The number of halogens is 2. The summed E-state index contributed by atoms with van der Waals surface area (Å²) >= 11 is 0. The van der Waals surface area contributed by atoms with Crippen LogP contribution in [0, 0.1) is 11.6 Å². The molecule has 0 heterocycles. The van der Waals surface area contributed by atoms with E-state index in [0.717, 1.165) is 12.8 Å². The fraction of sp³-hybridized carbons (Fsp3) is 0.500. The SMILES string of the molecule is CC(C)c1c(F)ccc(C2CC2)c1F. The molecule has 1 aromatic carbocycles. The Kier molecular flexibility index (Phi) is 2.30. The highest BCUT2D eigenvalue weighted by atomic mass is 19.1. The largest absolute Gasteiger partial charge is 0.207 e. The highest BCUT2D eigenvalue weighted by Crippen LogP contribution is 2.42. The molecule has 0 saturated heterocycles. The Morgan fingerprint density at radius 2 is 1.86 bits per heavy atom. The van der Waals surface area contributed by atoms with Gasteiger partial charge in [-0.15, -0.1) is 0 Å². The molecule has 0 unspecified atom stereocenters. The van der Waals surface area contributed by atoms with E-state index in [1.807, 2.05) is 13.8 Å². The number of rotatable bonds is 2. The van der Waals surface area contributed by atoms with Crippen LogP contribution in [-0.2, 0) is 0 Å². The Bertz CT molecular complexity index is 352. The number of hydrogen-bond acceptors (Lipinski definition) is 0. The third kappa shape index (κ3) is 1.54. The Balaban J connectivity index is 2.50. The van der Waals surface area contributed by atoms with Crippen molar-refractivity contribution >= 4 is 0 Å². The average Bonchev–Trinajstić information content (AvgIpc) is 2.86. The Morgan fingerprint density at radius 3 is 2.36 bits per heavy atom. The summed E-state index contributed by atoms with van der Waals surface area (Å²) in [4.78, 5) is 0. The summed E-state index contributed by atoms with van der Waals surface area (Å²) in [5.74, 6) is -0.480. The zero-order valence-electron chi connectivity index (χ0n) is 8.48. The van der Waals surface area contributed by atoms with Gasteiger partial charge in [-0.1, -0.05) is 19.9 Å². The van der Waals surface area contributed by atoms with Crippen LogP contribution in [0.25, 0.3) is 0 Å². The Morgan fingerprint density at radius 1 is 1.21 bits per heavy atom. The van der Waals surface area contributed by atoms with E-state index in [4.69, 9.17) is 0 Å². The van der Waals surface area contributed by atoms with E-state index in [0.29, 0.717) is 11.5 Å². The van der Waals surface area contributed by atoms with Crippen LogP contribution in [0.2, 0.25) is 0 Å². The molecule has 14 heavy (non-hydrogen) atoms. The first-order valence-corrected chi connectivity index (χ1v) is 5.09. The maximum absolute atomic E-state index is 13.8. The van der Waals surface area contributed by atoms with Gasteiger partial charge in [0.25, 0.3) is 0 Å². The van der Waals surface area contributed by atoms with E-state index in [2.05, 4.69) is 0 Å².